The first-order chi connectivity index (χ1) is 12.1. The van der Waals surface area contributed by atoms with Crippen LogP contribution >= 0.6 is 0 Å². The Hall–Kier alpha value is -2.83. The lowest BCUT2D eigenvalue weighted by Gasteiger charge is -2.15. The molecule has 0 bridgehead atoms. The van der Waals surface area contributed by atoms with Crippen LogP contribution in [0.25, 0.3) is 11.1 Å². The van der Waals surface area contributed by atoms with Crippen molar-refractivity contribution in [3.05, 3.63) is 52.8 Å². The third kappa shape index (κ3) is 3.65. The molecule has 0 saturated carbocycles. The highest BCUT2D eigenvalue weighted by atomic mass is 16.4. The van der Waals surface area contributed by atoms with Gasteiger partial charge < -0.3 is 9.73 Å². The molecule has 1 amide bonds. The second-order valence-electron chi connectivity index (χ2n) is 5.90. The van der Waals surface area contributed by atoms with E-state index in [9.17, 15) is 9.59 Å². The summed E-state index contributed by atoms with van der Waals surface area (Å²) in [5.74, 6) is -0.543. The van der Waals surface area contributed by atoms with Gasteiger partial charge in [-0.05, 0) is 25.5 Å². The summed E-state index contributed by atoms with van der Waals surface area (Å²) in [5.41, 5.74) is 2.23. The average Bonchev–Trinajstić information content (AvgIpc) is 3.21. The number of benzene rings is 1. The van der Waals surface area contributed by atoms with Crippen LogP contribution in [0.15, 0.2) is 45.9 Å². The number of carbonyl (C=O) groups excluding carboxylic acids is 1. The van der Waals surface area contributed by atoms with Gasteiger partial charge >= 0.3 is 5.76 Å². The number of nitrogens with one attached hydrogen (secondary N) is 1. The number of carbonyl (C=O) groups is 1. The Bertz CT molecular complexity index is 922. The number of amides is 1. The molecule has 2 aromatic heterocycles. The van der Waals surface area contributed by atoms with Crippen molar-refractivity contribution >= 4 is 17.0 Å². The fourth-order valence-corrected chi connectivity index (χ4v) is 2.86. The lowest BCUT2D eigenvalue weighted by atomic mass is 10.1. The van der Waals surface area contributed by atoms with Crippen LogP contribution in [0.1, 0.15) is 38.3 Å². The van der Waals surface area contributed by atoms with E-state index in [1.807, 2.05) is 42.9 Å². The Morgan fingerprint density at radius 1 is 1.32 bits per heavy atom. The van der Waals surface area contributed by atoms with Crippen molar-refractivity contribution in [3.8, 4) is 0 Å². The molecule has 1 aromatic carbocycles. The number of hydrogen-bond donors (Lipinski definition) is 1. The molecule has 3 rings (SSSR count). The molecule has 0 aliphatic rings. The standard InChI is InChI=1S/C18H22N4O3/c1-3-14(13-11-19-21(4-2)12-13)20-17(23)9-10-22-15-7-5-6-8-16(15)25-18(22)24/h5-8,11-12,14H,3-4,9-10H2,1-2H3,(H,20,23)/t14-/m0/s1. The Labute approximate surface area is 145 Å². The Morgan fingerprint density at radius 3 is 2.84 bits per heavy atom. The molecule has 0 saturated heterocycles. The van der Waals surface area contributed by atoms with Crippen molar-refractivity contribution in [3.63, 3.8) is 0 Å². The highest BCUT2D eigenvalue weighted by Gasteiger charge is 2.16. The molecule has 0 aliphatic carbocycles. The second kappa shape index (κ2) is 7.38. The van der Waals surface area contributed by atoms with Gasteiger partial charge in [0.05, 0.1) is 17.8 Å². The largest absolute Gasteiger partial charge is 0.419 e. The van der Waals surface area contributed by atoms with E-state index in [0.29, 0.717) is 11.1 Å². The van der Waals surface area contributed by atoms with Crippen LogP contribution < -0.4 is 11.1 Å². The van der Waals surface area contributed by atoms with Crippen molar-refractivity contribution in [2.45, 2.75) is 45.8 Å². The number of oxazole rings is 1. The molecule has 0 spiro atoms. The maximum absolute atomic E-state index is 12.3. The Balaban J connectivity index is 1.65. The van der Waals surface area contributed by atoms with Gasteiger partial charge in [0.1, 0.15) is 0 Å². The first-order valence-electron chi connectivity index (χ1n) is 8.52. The maximum atomic E-state index is 12.3. The fraction of sp³-hybridized carbons (Fsp3) is 0.389. The minimum absolute atomic E-state index is 0.0781. The van der Waals surface area contributed by atoms with Gasteiger partial charge in [0.15, 0.2) is 5.58 Å². The van der Waals surface area contributed by atoms with Gasteiger partial charge in [-0.1, -0.05) is 19.1 Å². The van der Waals surface area contributed by atoms with Crippen LogP contribution in [0.3, 0.4) is 0 Å². The molecule has 0 radical (unpaired) electrons. The molecule has 0 fully saturated rings. The number of fused-ring (bicyclic) bond motifs is 1. The number of para-hydroxylation sites is 2. The molecule has 1 atom stereocenters. The van der Waals surface area contributed by atoms with Gasteiger partial charge in [-0.3, -0.25) is 14.0 Å². The lowest BCUT2D eigenvalue weighted by Crippen LogP contribution is -2.29. The first-order valence-corrected chi connectivity index (χ1v) is 8.52. The van der Waals surface area contributed by atoms with Crippen molar-refractivity contribution in [1.82, 2.24) is 19.7 Å². The predicted octanol–water partition coefficient (Wildman–Crippen LogP) is 2.47. The van der Waals surface area contributed by atoms with Crippen LogP contribution in [-0.2, 0) is 17.9 Å². The zero-order chi connectivity index (χ0) is 17.8. The summed E-state index contributed by atoms with van der Waals surface area (Å²) in [4.78, 5) is 24.3. The van der Waals surface area contributed by atoms with E-state index in [2.05, 4.69) is 10.4 Å². The monoisotopic (exact) mass is 342 g/mol. The van der Waals surface area contributed by atoms with Crippen LogP contribution in [0, 0.1) is 0 Å². The van der Waals surface area contributed by atoms with E-state index in [-0.39, 0.29) is 24.9 Å². The maximum Gasteiger partial charge on any atom is 0.419 e. The quantitative estimate of drug-likeness (QED) is 0.715. The minimum atomic E-state index is -0.440. The minimum Gasteiger partial charge on any atom is -0.408 e. The van der Waals surface area contributed by atoms with Crippen molar-refractivity contribution in [1.29, 1.82) is 0 Å². The van der Waals surface area contributed by atoms with E-state index < -0.39 is 5.76 Å². The summed E-state index contributed by atoms with van der Waals surface area (Å²) in [6.07, 6.45) is 4.71. The molecule has 0 aliphatic heterocycles. The Kier molecular flexibility index (Phi) is 5.02. The highest BCUT2D eigenvalue weighted by molar-refractivity contribution is 5.77. The van der Waals surface area contributed by atoms with Gasteiger partial charge in [-0.25, -0.2) is 4.79 Å². The van der Waals surface area contributed by atoms with Gasteiger partial charge in [-0.2, -0.15) is 5.10 Å². The van der Waals surface area contributed by atoms with Crippen LogP contribution in [-0.4, -0.2) is 20.3 Å². The summed E-state index contributed by atoms with van der Waals surface area (Å²) in [6, 6.07) is 7.13. The van der Waals surface area contributed by atoms with Gasteiger partial charge in [-0.15, -0.1) is 0 Å². The van der Waals surface area contributed by atoms with Crippen molar-refractivity contribution in [2.24, 2.45) is 0 Å². The Morgan fingerprint density at radius 2 is 2.12 bits per heavy atom. The summed E-state index contributed by atoms with van der Waals surface area (Å²) in [5, 5.41) is 7.26. The number of rotatable bonds is 7. The zero-order valence-corrected chi connectivity index (χ0v) is 14.4. The van der Waals surface area contributed by atoms with Gasteiger partial charge in [0.2, 0.25) is 5.91 Å². The molecular weight excluding hydrogens is 320 g/mol. The first kappa shape index (κ1) is 17.0. The number of aryl methyl sites for hydroxylation is 2. The lowest BCUT2D eigenvalue weighted by molar-refractivity contribution is -0.122. The van der Waals surface area contributed by atoms with Crippen LogP contribution in [0.5, 0.6) is 0 Å². The molecule has 3 aromatic rings. The smallest absolute Gasteiger partial charge is 0.408 e. The summed E-state index contributed by atoms with van der Waals surface area (Å²) in [6.45, 7) is 5.11. The molecule has 2 heterocycles. The van der Waals surface area contributed by atoms with E-state index in [0.717, 1.165) is 18.5 Å². The van der Waals surface area contributed by atoms with Crippen LogP contribution in [0.4, 0.5) is 0 Å². The summed E-state index contributed by atoms with van der Waals surface area (Å²) >= 11 is 0. The topological polar surface area (TPSA) is 82.1 Å². The molecule has 7 nitrogen and oxygen atoms in total. The summed E-state index contributed by atoms with van der Waals surface area (Å²) < 4.78 is 8.51. The number of hydrogen-bond acceptors (Lipinski definition) is 4. The van der Waals surface area contributed by atoms with Crippen LogP contribution in [0.2, 0.25) is 0 Å². The van der Waals surface area contributed by atoms with Crippen molar-refractivity contribution < 1.29 is 9.21 Å². The molecule has 1 N–H and O–H groups in total. The summed E-state index contributed by atoms with van der Waals surface area (Å²) in [7, 11) is 0. The molecule has 132 valence electrons. The molecular formula is C18H22N4O3. The second-order valence-corrected chi connectivity index (χ2v) is 5.90. The van der Waals surface area contributed by atoms with E-state index >= 15 is 0 Å². The fourth-order valence-electron chi connectivity index (χ4n) is 2.86. The third-order valence-corrected chi connectivity index (χ3v) is 4.26. The number of nitrogens with zero attached hydrogens (tertiary/aromatic N) is 3. The molecule has 0 unspecified atom stereocenters. The average molecular weight is 342 g/mol. The third-order valence-electron chi connectivity index (χ3n) is 4.26. The normalized spacial score (nSPS) is 12.4. The molecule has 7 heteroatoms. The van der Waals surface area contributed by atoms with Crippen molar-refractivity contribution in [2.75, 3.05) is 0 Å². The van der Waals surface area contributed by atoms with Gasteiger partial charge in [0.25, 0.3) is 0 Å². The van der Waals surface area contributed by atoms with E-state index in [1.165, 1.54) is 4.57 Å². The highest BCUT2D eigenvalue weighted by Crippen LogP contribution is 2.16. The zero-order valence-electron chi connectivity index (χ0n) is 14.4. The molecule has 25 heavy (non-hydrogen) atoms. The van der Waals surface area contributed by atoms with Gasteiger partial charge in [0, 0.05) is 31.3 Å². The predicted molar refractivity (Wildman–Crippen MR) is 94.2 cm³/mol. The van der Waals surface area contributed by atoms with E-state index in [1.54, 1.807) is 12.3 Å². The SMILES string of the molecule is CC[C@H](NC(=O)CCn1c(=O)oc2ccccc21)c1cnn(CC)c1. The van der Waals surface area contributed by atoms with E-state index in [4.69, 9.17) is 4.42 Å². The number of aromatic nitrogens is 3.